The SMILES string of the molecule is O=C(NCCO)c1ccc(O[C@H]2OCCO[C@H]2Oc2ccc(C(=O)NCCO)cc2)cc1. The van der Waals surface area contributed by atoms with E-state index < -0.39 is 12.6 Å². The quantitative estimate of drug-likeness (QED) is 0.409. The van der Waals surface area contributed by atoms with Gasteiger partial charge < -0.3 is 39.8 Å². The molecule has 10 nitrogen and oxygen atoms in total. The molecule has 1 fully saturated rings. The van der Waals surface area contributed by atoms with Crippen molar-refractivity contribution in [2.75, 3.05) is 39.5 Å². The highest BCUT2D eigenvalue weighted by Crippen LogP contribution is 2.22. The number of amides is 2. The van der Waals surface area contributed by atoms with Gasteiger partial charge in [-0.1, -0.05) is 0 Å². The summed E-state index contributed by atoms with van der Waals surface area (Å²) in [5.41, 5.74) is 0.866. The molecule has 0 aromatic heterocycles. The van der Waals surface area contributed by atoms with Crippen molar-refractivity contribution < 1.29 is 38.7 Å². The van der Waals surface area contributed by atoms with Gasteiger partial charge in [-0.05, 0) is 48.5 Å². The second-order valence-electron chi connectivity index (χ2n) is 6.72. The summed E-state index contributed by atoms with van der Waals surface area (Å²) in [6, 6.07) is 12.9. The second kappa shape index (κ2) is 12.0. The van der Waals surface area contributed by atoms with Crippen LogP contribution in [0.3, 0.4) is 0 Å². The Morgan fingerprint density at radius 2 is 1.12 bits per heavy atom. The van der Waals surface area contributed by atoms with Crippen LogP contribution in [-0.4, -0.2) is 74.1 Å². The number of carbonyl (C=O) groups excluding carboxylic acids is 2. The number of aliphatic hydroxyl groups excluding tert-OH is 2. The summed E-state index contributed by atoms with van der Waals surface area (Å²) in [4.78, 5) is 23.8. The maximum atomic E-state index is 11.9. The lowest BCUT2D eigenvalue weighted by atomic mass is 10.2. The molecule has 1 aliphatic heterocycles. The number of benzene rings is 2. The van der Waals surface area contributed by atoms with E-state index in [-0.39, 0.29) is 38.1 Å². The molecule has 0 unspecified atom stereocenters. The van der Waals surface area contributed by atoms with Gasteiger partial charge in [-0.25, -0.2) is 0 Å². The highest BCUT2D eigenvalue weighted by atomic mass is 16.8. The standard InChI is InChI=1S/C22H26N2O8/c25-11-9-23-19(27)15-1-5-17(6-2-15)31-21-22(30-14-13-29-21)32-18-7-3-16(4-8-18)20(28)24-10-12-26/h1-8,21-22,25-26H,9-14H2,(H,23,27)(H,24,28)/t21-,22+. The highest BCUT2D eigenvalue weighted by molar-refractivity contribution is 5.94. The highest BCUT2D eigenvalue weighted by Gasteiger charge is 2.31. The minimum absolute atomic E-state index is 0.132. The number of hydrogen-bond donors (Lipinski definition) is 4. The topological polar surface area (TPSA) is 136 Å². The van der Waals surface area contributed by atoms with Crippen LogP contribution in [0.1, 0.15) is 20.7 Å². The fraction of sp³-hybridized carbons (Fsp3) is 0.364. The van der Waals surface area contributed by atoms with E-state index in [4.69, 9.17) is 29.2 Å². The molecular formula is C22H26N2O8. The van der Waals surface area contributed by atoms with Crippen molar-refractivity contribution in [3.05, 3.63) is 59.7 Å². The van der Waals surface area contributed by atoms with Crippen LogP contribution < -0.4 is 20.1 Å². The van der Waals surface area contributed by atoms with Crippen molar-refractivity contribution in [2.45, 2.75) is 12.6 Å². The molecule has 0 saturated carbocycles. The molecule has 0 spiro atoms. The average Bonchev–Trinajstić information content (AvgIpc) is 2.83. The van der Waals surface area contributed by atoms with Gasteiger partial charge in [-0.3, -0.25) is 9.59 Å². The second-order valence-corrected chi connectivity index (χ2v) is 6.72. The molecule has 4 N–H and O–H groups in total. The Morgan fingerprint density at radius 1 is 0.750 bits per heavy atom. The van der Waals surface area contributed by atoms with Crippen LogP contribution in [0.25, 0.3) is 0 Å². The molecule has 172 valence electrons. The first-order valence-electron chi connectivity index (χ1n) is 10.2. The molecule has 32 heavy (non-hydrogen) atoms. The fourth-order valence-corrected chi connectivity index (χ4v) is 2.85. The van der Waals surface area contributed by atoms with Crippen LogP contribution in [0.4, 0.5) is 0 Å². The van der Waals surface area contributed by atoms with E-state index in [1.807, 2.05) is 0 Å². The zero-order valence-electron chi connectivity index (χ0n) is 17.4. The zero-order valence-corrected chi connectivity index (χ0v) is 17.4. The van der Waals surface area contributed by atoms with Gasteiger partial charge in [0.2, 0.25) is 0 Å². The van der Waals surface area contributed by atoms with Crippen molar-refractivity contribution in [1.29, 1.82) is 0 Å². The molecule has 1 saturated heterocycles. The number of carbonyl (C=O) groups is 2. The van der Waals surface area contributed by atoms with Crippen LogP contribution >= 0.6 is 0 Å². The number of ether oxygens (including phenoxy) is 4. The van der Waals surface area contributed by atoms with Gasteiger partial charge in [0, 0.05) is 24.2 Å². The minimum atomic E-state index is -0.842. The summed E-state index contributed by atoms with van der Waals surface area (Å²) in [5, 5.41) is 22.7. The molecule has 0 bridgehead atoms. The van der Waals surface area contributed by atoms with Crippen molar-refractivity contribution in [3.8, 4) is 11.5 Å². The Labute approximate surface area is 185 Å². The number of aliphatic hydroxyl groups is 2. The third-order valence-electron chi connectivity index (χ3n) is 4.40. The Kier molecular flexibility index (Phi) is 8.81. The lowest BCUT2D eigenvalue weighted by molar-refractivity contribution is -0.271. The predicted molar refractivity (Wildman–Crippen MR) is 112 cm³/mol. The lowest BCUT2D eigenvalue weighted by Crippen LogP contribution is -2.45. The Bertz CT molecular complexity index is 799. The van der Waals surface area contributed by atoms with Crippen molar-refractivity contribution in [1.82, 2.24) is 10.6 Å². The van der Waals surface area contributed by atoms with E-state index in [0.717, 1.165) is 0 Å². The average molecular weight is 446 g/mol. The van der Waals surface area contributed by atoms with Gasteiger partial charge in [0.05, 0.1) is 26.4 Å². The number of nitrogens with one attached hydrogen (secondary N) is 2. The summed E-state index contributed by atoms with van der Waals surface area (Å²) in [6.45, 7) is 0.752. The smallest absolute Gasteiger partial charge is 0.263 e. The third-order valence-corrected chi connectivity index (χ3v) is 4.40. The van der Waals surface area contributed by atoms with Crippen molar-refractivity contribution in [3.63, 3.8) is 0 Å². The molecule has 3 rings (SSSR count). The molecule has 2 amide bonds. The van der Waals surface area contributed by atoms with Crippen LogP contribution in [0, 0.1) is 0 Å². The first kappa shape index (κ1) is 23.5. The van der Waals surface area contributed by atoms with Gasteiger partial charge in [0.1, 0.15) is 11.5 Å². The van der Waals surface area contributed by atoms with Crippen molar-refractivity contribution in [2.24, 2.45) is 0 Å². The summed E-state index contributed by atoms with van der Waals surface area (Å²) in [7, 11) is 0. The van der Waals surface area contributed by atoms with E-state index in [1.54, 1.807) is 48.5 Å². The summed E-state index contributed by atoms with van der Waals surface area (Å²) >= 11 is 0. The van der Waals surface area contributed by atoms with Gasteiger partial charge in [0.25, 0.3) is 24.4 Å². The fourth-order valence-electron chi connectivity index (χ4n) is 2.85. The Balaban J connectivity index is 1.59. The first-order chi connectivity index (χ1) is 15.6. The molecular weight excluding hydrogens is 420 g/mol. The van der Waals surface area contributed by atoms with Crippen LogP contribution in [-0.2, 0) is 9.47 Å². The number of hydrogen-bond acceptors (Lipinski definition) is 8. The van der Waals surface area contributed by atoms with Crippen LogP contribution in [0.5, 0.6) is 11.5 Å². The Hall–Kier alpha value is -3.18. The van der Waals surface area contributed by atoms with Crippen LogP contribution in [0.2, 0.25) is 0 Å². The van der Waals surface area contributed by atoms with Crippen molar-refractivity contribution >= 4 is 11.8 Å². The third kappa shape index (κ3) is 6.66. The largest absolute Gasteiger partial charge is 0.458 e. The van der Waals surface area contributed by atoms with Crippen LogP contribution in [0.15, 0.2) is 48.5 Å². The zero-order chi connectivity index (χ0) is 22.8. The van der Waals surface area contributed by atoms with Gasteiger partial charge in [0.15, 0.2) is 0 Å². The first-order valence-corrected chi connectivity index (χ1v) is 10.2. The van der Waals surface area contributed by atoms with E-state index in [1.165, 1.54) is 0 Å². The molecule has 2 aromatic rings. The molecule has 0 aliphatic carbocycles. The van der Waals surface area contributed by atoms with E-state index >= 15 is 0 Å². The van der Waals surface area contributed by atoms with E-state index in [9.17, 15) is 9.59 Å². The maximum Gasteiger partial charge on any atom is 0.263 e. The molecule has 2 atom stereocenters. The molecule has 1 heterocycles. The summed E-state index contributed by atoms with van der Waals surface area (Å²) in [6.07, 6.45) is -1.68. The number of rotatable bonds is 10. The maximum absolute atomic E-state index is 11.9. The van der Waals surface area contributed by atoms with E-state index in [0.29, 0.717) is 35.8 Å². The molecule has 1 aliphatic rings. The normalized spacial score (nSPS) is 17.9. The van der Waals surface area contributed by atoms with Gasteiger partial charge >= 0.3 is 0 Å². The van der Waals surface area contributed by atoms with E-state index in [2.05, 4.69) is 10.6 Å². The lowest BCUT2D eigenvalue weighted by Gasteiger charge is -2.31. The van der Waals surface area contributed by atoms with Gasteiger partial charge in [-0.15, -0.1) is 0 Å². The molecule has 10 heteroatoms. The molecule has 2 aromatic carbocycles. The minimum Gasteiger partial charge on any atom is -0.458 e. The monoisotopic (exact) mass is 446 g/mol. The van der Waals surface area contributed by atoms with Gasteiger partial charge in [-0.2, -0.15) is 0 Å². The summed E-state index contributed by atoms with van der Waals surface area (Å²) in [5.74, 6) is 0.336. The molecule has 0 radical (unpaired) electrons. The predicted octanol–water partition coefficient (Wildman–Crippen LogP) is 0.288. The summed E-state index contributed by atoms with van der Waals surface area (Å²) < 4.78 is 22.9. The Morgan fingerprint density at radius 3 is 1.47 bits per heavy atom.